The van der Waals surface area contributed by atoms with Crippen LogP contribution in [0, 0.1) is 0 Å². The van der Waals surface area contributed by atoms with Gasteiger partial charge in [-0.15, -0.1) is 0 Å². The van der Waals surface area contributed by atoms with Crippen LogP contribution in [0.3, 0.4) is 0 Å². The number of carbonyl (C=O) groups is 5. The van der Waals surface area contributed by atoms with Gasteiger partial charge in [-0.05, 0) is 77.5 Å². The van der Waals surface area contributed by atoms with Crippen molar-refractivity contribution in [1.29, 1.82) is 0 Å². The van der Waals surface area contributed by atoms with Gasteiger partial charge in [-0.1, -0.05) is 47.7 Å². The van der Waals surface area contributed by atoms with E-state index >= 15 is 0 Å². The van der Waals surface area contributed by atoms with Gasteiger partial charge in [-0.3, -0.25) is 28.9 Å². The van der Waals surface area contributed by atoms with Crippen molar-refractivity contribution < 1.29 is 24.0 Å². The summed E-state index contributed by atoms with van der Waals surface area (Å²) in [6.07, 6.45) is 11.3. The molecule has 0 saturated carbocycles. The maximum atomic E-state index is 12.6. The molecule has 2 N–H and O–H groups in total. The Morgan fingerprint density at radius 1 is 0.587 bits per heavy atom. The lowest BCUT2D eigenvalue weighted by atomic mass is 10.1. The minimum absolute atomic E-state index is 0.0444. The summed E-state index contributed by atoms with van der Waals surface area (Å²) in [5.74, 6) is 1.82. The zero-order chi connectivity index (χ0) is 34.4. The number of carbonyl (C=O) groups excluding carboxylic acids is 5. The van der Waals surface area contributed by atoms with E-state index in [-0.39, 0.29) is 29.2 Å². The molecule has 262 valence electrons. The van der Waals surface area contributed by atoms with Crippen molar-refractivity contribution in [3.05, 3.63) is 38.0 Å². The number of unbranched alkanes of at least 4 members (excludes halogenated alkanes) is 2. The van der Waals surface area contributed by atoms with Gasteiger partial charge in [0, 0.05) is 76.3 Å². The molecule has 0 saturated heterocycles. The molecule has 0 aromatic rings. The number of rotatable bonds is 33. The van der Waals surface area contributed by atoms with E-state index in [9.17, 15) is 24.0 Å². The summed E-state index contributed by atoms with van der Waals surface area (Å²) >= 11 is 0. The number of hydrogen-bond donors (Lipinski definition) is 2. The van der Waals surface area contributed by atoms with Crippen molar-refractivity contribution >= 4 is 50.8 Å². The van der Waals surface area contributed by atoms with Gasteiger partial charge in [0.25, 0.3) is 0 Å². The summed E-state index contributed by atoms with van der Waals surface area (Å²) in [6, 6.07) is 0. The number of ketones is 3. The van der Waals surface area contributed by atoms with Crippen LogP contribution in [0.1, 0.15) is 70.6 Å². The number of nitrogens with zero attached hydrogens (tertiary/aromatic N) is 3. The fourth-order valence-corrected chi connectivity index (χ4v) is 6.34. The van der Waals surface area contributed by atoms with E-state index in [2.05, 4.69) is 45.1 Å². The Morgan fingerprint density at radius 2 is 1.22 bits per heavy atom. The number of allylic oxidation sites excluding steroid dienone is 2. The molecule has 0 heterocycles. The SMILES string of the molecule is C=CC(=O)CCCCCC(=O)NCCSSCCCC(=O)CCN(CCCN(CCCC(=O)C=C)CCN(C)C)CNC(=O)C=C. The first kappa shape index (κ1) is 43.8. The Hall–Kier alpha value is -2.25. The van der Waals surface area contributed by atoms with Gasteiger partial charge in [0.05, 0.1) is 6.67 Å². The molecule has 0 atom stereocenters. The van der Waals surface area contributed by atoms with Crippen molar-refractivity contribution in [3.8, 4) is 0 Å². The molecule has 10 nitrogen and oxygen atoms in total. The molecule has 0 spiro atoms. The molecule has 0 aromatic carbocycles. The van der Waals surface area contributed by atoms with Crippen LogP contribution in [0.25, 0.3) is 0 Å². The molecule has 46 heavy (non-hydrogen) atoms. The van der Waals surface area contributed by atoms with Crippen molar-refractivity contribution in [3.63, 3.8) is 0 Å². The van der Waals surface area contributed by atoms with Crippen LogP contribution < -0.4 is 10.6 Å². The lowest BCUT2D eigenvalue weighted by Crippen LogP contribution is -2.40. The molecule has 0 aliphatic rings. The molecule has 0 fully saturated rings. The van der Waals surface area contributed by atoms with Crippen LogP contribution in [0.2, 0.25) is 0 Å². The average Bonchev–Trinajstić information content (AvgIpc) is 3.04. The summed E-state index contributed by atoms with van der Waals surface area (Å²) in [5.41, 5.74) is 0. The normalized spacial score (nSPS) is 11.1. The Bertz CT molecular complexity index is 932. The van der Waals surface area contributed by atoms with Crippen molar-refractivity contribution in [2.24, 2.45) is 0 Å². The van der Waals surface area contributed by atoms with Crippen LogP contribution in [0.15, 0.2) is 38.0 Å². The van der Waals surface area contributed by atoms with E-state index in [1.54, 1.807) is 21.6 Å². The second kappa shape index (κ2) is 30.1. The number of likely N-dealkylation sites (N-methyl/N-ethyl adjacent to an activating group) is 1. The van der Waals surface area contributed by atoms with E-state index in [4.69, 9.17) is 0 Å². The molecule has 0 radical (unpaired) electrons. The van der Waals surface area contributed by atoms with Crippen LogP contribution in [0.4, 0.5) is 0 Å². The second-order valence-corrected chi connectivity index (χ2v) is 14.1. The topological polar surface area (TPSA) is 119 Å². The predicted molar refractivity (Wildman–Crippen MR) is 194 cm³/mol. The zero-order valence-electron chi connectivity index (χ0n) is 28.4. The van der Waals surface area contributed by atoms with Crippen LogP contribution >= 0.6 is 21.6 Å². The Morgan fingerprint density at radius 3 is 1.89 bits per heavy atom. The minimum Gasteiger partial charge on any atom is -0.355 e. The van der Waals surface area contributed by atoms with E-state index in [1.165, 1.54) is 18.2 Å². The molecule has 12 heteroatoms. The van der Waals surface area contributed by atoms with E-state index in [1.807, 2.05) is 14.1 Å². The van der Waals surface area contributed by atoms with Gasteiger partial charge in [-0.2, -0.15) is 0 Å². The highest BCUT2D eigenvalue weighted by Crippen LogP contribution is 2.22. The van der Waals surface area contributed by atoms with Crippen LogP contribution in [-0.2, 0) is 24.0 Å². The fraction of sp³-hybridized carbons (Fsp3) is 0.676. The van der Waals surface area contributed by atoms with E-state index in [0.717, 1.165) is 82.8 Å². The smallest absolute Gasteiger partial charge is 0.244 e. The third-order valence-electron chi connectivity index (χ3n) is 7.14. The number of hydrogen-bond acceptors (Lipinski definition) is 10. The van der Waals surface area contributed by atoms with Crippen LogP contribution in [-0.4, -0.2) is 122 Å². The largest absolute Gasteiger partial charge is 0.355 e. The molecular weight excluding hydrogens is 623 g/mol. The first-order chi connectivity index (χ1) is 22.1. The van der Waals surface area contributed by atoms with Gasteiger partial charge in [0.15, 0.2) is 11.6 Å². The summed E-state index contributed by atoms with van der Waals surface area (Å²) in [7, 11) is 7.50. The number of nitrogens with one attached hydrogen (secondary N) is 2. The zero-order valence-corrected chi connectivity index (χ0v) is 30.0. The first-order valence-corrected chi connectivity index (χ1v) is 18.9. The van der Waals surface area contributed by atoms with E-state index < -0.39 is 0 Å². The molecule has 0 unspecified atom stereocenters. The van der Waals surface area contributed by atoms with Crippen molar-refractivity contribution in [2.75, 3.05) is 78.1 Å². The van der Waals surface area contributed by atoms with E-state index in [0.29, 0.717) is 51.9 Å². The molecule has 0 bridgehead atoms. The highest BCUT2D eigenvalue weighted by atomic mass is 33.1. The maximum absolute atomic E-state index is 12.6. The van der Waals surface area contributed by atoms with Crippen molar-refractivity contribution in [1.82, 2.24) is 25.3 Å². The third-order valence-corrected chi connectivity index (χ3v) is 9.63. The minimum atomic E-state index is -0.237. The van der Waals surface area contributed by atoms with Gasteiger partial charge in [0.1, 0.15) is 5.78 Å². The highest BCUT2D eigenvalue weighted by molar-refractivity contribution is 8.76. The Balaban J connectivity index is 4.28. The Kier molecular flexibility index (Phi) is 28.6. The summed E-state index contributed by atoms with van der Waals surface area (Å²) in [6.45, 7) is 16.4. The van der Waals surface area contributed by atoms with Crippen molar-refractivity contribution in [2.45, 2.75) is 70.6 Å². The number of Topliss-reactive ketones (excluding diaryl/α,β-unsaturated/α-hetero) is 1. The summed E-state index contributed by atoms with van der Waals surface area (Å²) in [4.78, 5) is 65.7. The van der Waals surface area contributed by atoms with Crippen LogP contribution in [0.5, 0.6) is 0 Å². The molecule has 0 rings (SSSR count). The molecule has 0 aliphatic heterocycles. The molecule has 2 amide bonds. The monoisotopic (exact) mass is 681 g/mol. The third kappa shape index (κ3) is 28.0. The number of amides is 2. The highest BCUT2D eigenvalue weighted by Gasteiger charge is 2.12. The summed E-state index contributed by atoms with van der Waals surface area (Å²) in [5, 5.41) is 5.77. The molecule has 0 aromatic heterocycles. The Labute approximate surface area is 286 Å². The second-order valence-electron chi connectivity index (χ2n) is 11.4. The lowest BCUT2D eigenvalue weighted by Gasteiger charge is -2.26. The fourth-order valence-electron chi connectivity index (χ4n) is 4.34. The predicted octanol–water partition coefficient (Wildman–Crippen LogP) is 4.28. The quantitative estimate of drug-likeness (QED) is 0.0450. The van der Waals surface area contributed by atoms with Gasteiger partial charge < -0.3 is 20.4 Å². The lowest BCUT2D eigenvalue weighted by molar-refractivity contribution is -0.121. The average molecular weight is 682 g/mol. The van der Waals surface area contributed by atoms with Gasteiger partial charge in [0.2, 0.25) is 11.8 Å². The standard InChI is InChI=1S/C34H59N5O5S2/c1-6-30(40)15-10-9-11-18-34(44)35-20-28-46-45-27-13-17-32(42)19-24-39(29-36-33(43)8-3)23-14-22-38(26-25-37(4)5)21-12-16-31(41)7-2/h6-8H,1-3,9-29H2,4-5H3,(H,35,44)(H,36,43). The summed E-state index contributed by atoms with van der Waals surface area (Å²) < 4.78 is 0. The molecule has 0 aliphatic carbocycles. The molecular formula is C34H59N5O5S2. The first-order valence-electron chi connectivity index (χ1n) is 16.4. The maximum Gasteiger partial charge on any atom is 0.244 e. The van der Waals surface area contributed by atoms with Gasteiger partial charge >= 0.3 is 0 Å². The van der Waals surface area contributed by atoms with Gasteiger partial charge in [-0.25, -0.2) is 0 Å².